The number of fused-ring (bicyclic) bond motifs is 1. The molecule has 0 spiro atoms. The van der Waals surface area contributed by atoms with E-state index in [1.165, 1.54) is 0 Å². The SMILES string of the molecule is CCCCC1(O)Oc2ccccc2CC1(C)C(=O)O. The third-order valence-corrected chi connectivity index (χ3v) is 4.00. The Hall–Kier alpha value is -1.55. The molecule has 1 aliphatic rings. The number of hydrogen-bond donors (Lipinski definition) is 2. The van der Waals surface area contributed by atoms with Gasteiger partial charge in [-0.1, -0.05) is 31.5 Å². The molecule has 104 valence electrons. The molecule has 0 bridgehead atoms. The molecule has 0 fully saturated rings. The topological polar surface area (TPSA) is 66.8 Å². The van der Waals surface area contributed by atoms with Gasteiger partial charge < -0.3 is 14.9 Å². The number of aliphatic carboxylic acids is 1. The molecule has 1 aromatic carbocycles. The smallest absolute Gasteiger partial charge is 0.316 e. The number of hydrogen-bond acceptors (Lipinski definition) is 3. The van der Waals surface area contributed by atoms with Gasteiger partial charge in [0.15, 0.2) is 0 Å². The van der Waals surface area contributed by atoms with Gasteiger partial charge in [-0.3, -0.25) is 4.79 Å². The molecule has 0 aliphatic carbocycles. The number of rotatable bonds is 4. The highest BCUT2D eigenvalue weighted by Gasteiger charge is 2.57. The van der Waals surface area contributed by atoms with Crippen LogP contribution in [0, 0.1) is 5.41 Å². The van der Waals surface area contributed by atoms with Gasteiger partial charge in [-0.05, 0) is 31.4 Å². The first kappa shape index (κ1) is 13.9. The van der Waals surface area contributed by atoms with Crippen LogP contribution in [0.2, 0.25) is 0 Å². The van der Waals surface area contributed by atoms with Gasteiger partial charge in [0, 0.05) is 6.42 Å². The molecule has 2 rings (SSSR count). The molecular weight excluding hydrogens is 244 g/mol. The summed E-state index contributed by atoms with van der Waals surface area (Å²) in [6, 6.07) is 7.28. The predicted octanol–water partition coefficient (Wildman–Crippen LogP) is 2.59. The van der Waals surface area contributed by atoms with E-state index in [0.717, 1.165) is 18.4 Å². The summed E-state index contributed by atoms with van der Waals surface area (Å²) in [5.41, 5.74) is -0.496. The van der Waals surface area contributed by atoms with Crippen molar-refractivity contribution in [3.8, 4) is 5.75 Å². The summed E-state index contributed by atoms with van der Waals surface area (Å²) in [6.45, 7) is 3.55. The van der Waals surface area contributed by atoms with E-state index in [0.29, 0.717) is 12.2 Å². The molecule has 0 saturated carbocycles. The van der Waals surface area contributed by atoms with Gasteiger partial charge in [0.05, 0.1) is 0 Å². The lowest BCUT2D eigenvalue weighted by atomic mass is 9.72. The first-order chi connectivity index (χ1) is 8.93. The lowest BCUT2D eigenvalue weighted by molar-refractivity contribution is -0.237. The normalized spacial score (nSPS) is 29.4. The predicted molar refractivity (Wildman–Crippen MR) is 71.0 cm³/mol. The van der Waals surface area contributed by atoms with Crippen molar-refractivity contribution in [2.75, 3.05) is 0 Å². The van der Waals surface area contributed by atoms with E-state index < -0.39 is 17.2 Å². The van der Waals surface area contributed by atoms with E-state index in [4.69, 9.17) is 4.74 Å². The Morgan fingerprint density at radius 1 is 1.42 bits per heavy atom. The average molecular weight is 264 g/mol. The monoisotopic (exact) mass is 264 g/mol. The second kappa shape index (κ2) is 4.85. The summed E-state index contributed by atoms with van der Waals surface area (Å²) in [7, 11) is 0. The van der Waals surface area contributed by atoms with Crippen molar-refractivity contribution in [2.45, 2.75) is 45.3 Å². The third kappa shape index (κ3) is 2.21. The summed E-state index contributed by atoms with van der Waals surface area (Å²) >= 11 is 0. The van der Waals surface area contributed by atoms with Crippen molar-refractivity contribution < 1.29 is 19.7 Å². The maximum atomic E-state index is 11.6. The molecule has 19 heavy (non-hydrogen) atoms. The van der Waals surface area contributed by atoms with Crippen LogP contribution in [0.3, 0.4) is 0 Å². The maximum absolute atomic E-state index is 11.6. The standard InChI is InChI=1S/C15H20O4/c1-3-4-9-15(18)14(2,13(16)17)10-11-7-5-6-8-12(11)19-15/h5-8,18H,3-4,9-10H2,1-2H3,(H,16,17). The quantitative estimate of drug-likeness (QED) is 0.877. The Balaban J connectivity index is 2.43. The van der Waals surface area contributed by atoms with Gasteiger partial charge in [0.2, 0.25) is 5.79 Å². The zero-order valence-electron chi connectivity index (χ0n) is 11.3. The number of aliphatic hydroxyl groups is 1. The van der Waals surface area contributed by atoms with Gasteiger partial charge in [0.25, 0.3) is 0 Å². The molecule has 4 nitrogen and oxygen atoms in total. The Morgan fingerprint density at radius 2 is 2.11 bits per heavy atom. The van der Waals surface area contributed by atoms with Gasteiger partial charge in [-0.15, -0.1) is 0 Å². The highest BCUT2D eigenvalue weighted by atomic mass is 16.6. The largest absolute Gasteiger partial charge is 0.481 e. The van der Waals surface area contributed by atoms with Crippen LogP contribution in [0.5, 0.6) is 5.75 Å². The van der Waals surface area contributed by atoms with Gasteiger partial charge in [-0.2, -0.15) is 0 Å². The van der Waals surface area contributed by atoms with Crippen LogP contribution in [0.1, 0.15) is 38.7 Å². The summed E-state index contributed by atoms with van der Waals surface area (Å²) in [4.78, 5) is 11.6. The van der Waals surface area contributed by atoms with Gasteiger partial charge in [0.1, 0.15) is 11.2 Å². The fourth-order valence-corrected chi connectivity index (χ4v) is 2.55. The zero-order valence-corrected chi connectivity index (χ0v) is 11.3. The summed E-state index contributed by atoms with van der Waals surface area (Å²) in [6.07, 6.45) is 2.20. The van der Waals surface area contributed by atoms with Crippen LogP contribution in [0.4, 0.5) is 0 Å². The highest BCUT2D eigenvalue weighted by molar-refractivity contribution is 5.77. The fourth-order valence-electron chi connectivity index (χ4n) is 2.55. The van der Waals surface area contributed by atoms with Crippen molar-refractivity contribution in [1.29, 1.82) is 0 Å². The molecule has 0 radical (unpaired) electrons. The highest BCUT2D eigenvalue weighted by Crippen LogP contribution is 2.46. The molecule has 0 saturated heterocycles. The van der Waals surface area contributed by atoms with Gasteiger partial charge in [-0.25, -0.2) is 0 Å². The van der Waals surface area contributed by atoms with Crippen LogP contribution >= 0.6 is 0 Å². The summed E-state index contributed by atoms with van der Waals surface area (Å²) in [5, 5.41) is 20.3. The molecule has 1 heterocycles. The molecule has 1 aromatic rings. The van der Waals surface area contributed by atoms with E-state index in [1.807, 2.05) is 25.1 Å². The molecule has 2 N–H and O–H groups in total. The Kier molecular flexibility index (Phi) is 3.54. The minimum atomic E-state index is -1.65. The van der Waals surface area contributed by atoms with Crippen LogP contribution in [-0.4, -0.2) is 22.0 Å². The number of carboxylic acids is 1. The first-order valence-electron chi connectivity index (χ1n) is 6.65. The average Bonchev–Trinajstić information content (AvgIpc) is 2.37. The number of ether oxygens (including phenoxy) is 1. The van der Waals surface area contributed by atoms with E-state index in [-0.39, 0.29) is 6.42 Å². The number of unbranched alkanes of at least 4 members (excludes halogenated alkanes) is 1. The van der Waals surface area contributed by atoms with Gasteiger partial charge >= 0.3 is 5.97 Å². The van der Waals surface area contributed by atoms with Crippen LogP contribution in [0.25, 0.3) is 0 Å². The number of benzene rings is 1. The van der Waals surface area contributed by atoms with Crippen molar-refractivity contribution in [2.24, 2.45) is 5.41 Å². The van der Waals surface area contributed by atoms with Crippen LogP contribution in [-0.2, 0) is 11.2 Å². The molecular formula is C15H20O4. The van der Waals surface area contributed by atoms with Crippen molar-refractivity contribution in [3.63, 3.8) is 0 Å². The van der Waals surface area contributed by atoms with E-state index in [9.17, 15) is 15.0 Å². The van der Waals surface area contributed by atoms with Crippen molar-refractivity contribution in [1.82, 2.24) is 0 Å². The van der Waals surface area contributed by atoms with E-state index >= 15 is 0 Å². The second-order valence-corrected chi connectivity index (χ2v) is 5.41. The molecule has 1 aliphatic heterocycles. The first-order valence-corrected chi connectivity index (χ1v) is 6.65. The lowest BCUT2D eigenvalue weighted by Gasteiger charge is -2.45. The number of carbonyl (C=O) groups is 1. The molecule has 0 amide bonds. The lowest BCUT2D eigenvalue weighted by Crippen LogP contribution is -2.58. The molecule has 4 heteroatoms. The Morgan fingerprint density at radius 3 is 2.74 bits per heavy atom. The molecule has 0 aromatic heterocycles. The summed E-state index contributed by atoms with van der Waals surface area (Å²) in [5.74, 6) is -2.09. The fraction of sp³-hybridized carbons (Fsp3) is 0.533. The maximum Gasteiger partial charge on any atom is 0.316 e. The van der Waals surface area contributed by atoms with E-state index in [2.05, 4.69) is 0 Å². The molecule has 2 unspecified atom stereocenters. The number of carboxylic acid groups (broad SMARTS) is 1. The van der Waals surface area contributed by atoms with Crippen molar-refractivity contribution in [3.05, 3.63) is 29.8 Å². The zero-order chi connectivity index (χ0) is 14.1. The Labute approximate surface area is 113 Å². The Bertz CT molecular complexity index is 485. The summed E-state index contributed by atoms with van der Waals surface area (Å²) < 4.78 is 5.67. The number of para-hydroxylation sites is 1. The molecule has 2 atom stereocenters. The minimum Gasteiger partial charge on any atom is -0.481 e. The third-order valence-electron chi connectivity index (χ3n) is 4.00. The van der Waals surface area contributed by atoms with E-state index in [1.54, 1.807) is 13.0 Å². The van der Waals surface area contributed by atoms with Crippen LogP contribution < -0.4 is 4.74 Å². The van der Waals surface area contributed by atoms with Crippen LogP contribution in [0.15, 0.2) is 24.3 Å². The second-order valence-electron chi connectivity index (χ2n) is 5.41. The minimum absolute atomic E-state index is 0.277. The van der Waals surface area contributed by atoms with Crippen molar-refractivity contribution >= 4 is 5.97 Å².